The molecule has 16 heavy (non-hydrogen) atoms. The topological polar surface area (TPSA) is 42.2 Å². The molecule has 0 atom stereocenters. The Kier molecular flexibility index (Phi) is 2.74. The highest BCUT2D eigenvalue weighted by molar-refractivity contribution is 5.44. The molecule has 0 spiro atoms. The summed E-state index contributed by atoms with van der Waals surface area (Å²) in [6.07, 6.45) is 0.403. The molecule has 0 aliphatic carbocycles. The van der Waals surface area contributed by atoms with Crippen molar-refractivity contribution in [1.29, 1.82) is 5.26 Å². The summed E-state index contributed by atoms with van der Waals surface area (Å²) in [5.41, 5.74) is 0.985. The van der Waals surface area contributed by atoms with Crippen molar-refractivity contribution >= 4 is 0 Å². The zero-order valence-corrected chi connectivity index (χ0v) is 9.62. The van der Waals surface area contributed by atoms with Gasteiger partial charge in [-0.25, -0.2) is 0 Å². The average Bonchev–Trinajstić information content (AvgIpc) is 2.39. The summed E-state index contributed by atoms with van der Waals surface area (Å²) in [6.45, 7) is 5.50. The summed E-state index contributed by atoms with van der Waals surface area (Å²) in [5, 5.41) is 8.64. The highest BCUT2D eigenvalue weighted by atomic mass is 16.5. The molecule has 84 valence electrons. The van der Waals surface area contributed by atoms with Gasteiger partial charge in [-0.3, -0.25) is 0 Å². The van der Waals surface area contributed by atoms with Crippen LogP contribution in [0.5, 0.6) is 11.5 Å². The molecule has 0 N–H and O–H groups in total. The van der Waals surface area contributed by atoms with Gasteiger partial charge in [-0.05, 0) is 17.7 Å². The van der Waals surface area contributed by atoms with Crippen LogP contribution in [0.25, 0.3) is 0 Å². The number of nitrogens with zero attached hydrogens (tertiary/aromatic N) is 1. The largest absolute Gasteiger partial charge is 0.489 e. The van der Waals surface area contributed by atoms with E-state index in [1.807, 2.05) is 18.2 Å². The Labute approximate surface area is 95.6 Å². The van der Waals surface area contributed by atoms with Crippen molar-refractivity contribution in [2.45, 2.75) is 20.3 Å². The minimum absolute atomic E-state index is 0.0222. The first-order valence-corrected chi connectivity index (χ1v) is 5.36. The van der Waals surface area contributed by atoms with Gasteiger partial charge in [-0.15, -0.1) is 0 Å². The molecule has 1 aliphatic heterocycles. The van der Waals surface area contributed by atoms with E-state index in [-0.39, 0.29) is 5.41 Å². The van der Waals surface area contributed by atoms with Gasteiger partial charge < -0.3 is 9.47 Å². The second-order valence-electron chi connectivity index (χ2n) is 4.86. The van der Waals surface area contributed by atoms with Gasteiger partial charge in [0.05, 0.1) is 25.7 Å². The van der Waals surface area contributed by atoms with Crippen molar-refractivity contribution in [2.75, 3.05) is 13.2 Å². The van der Waals surface area contributed by atoms with Crippen molar-refractivity contribution in [3.05, 3.63) is 23.8 Å². The van der Waals surface area contributed by atoms with Gasteiger partial charge in [0, 0.05) is 5.41 Å². The van der Waals surface area contributed by atoms with Crippen LogP contribution in [-0.2, 0) is 6.42 Å². The number of benzene rings is 1. The zero-order valence-electron chi connectivity index (χ0n) is 9.62. The standard InChI is InChI=1S/C13H15NO2/c1-13(2)8-15-11-4-3-10(5-6-14)7-12(11)16-9-13/h3-4,7H,5,8-9H2,1-2H3. The fraction of sp³-hybridized carbons (Fsp3) is 0.462. The molecule has 0 bridgehead atoms. The molecule has 1 aromatic carbocycles. The van der Waals surface area contributed by atoms with Gasteiger partial charge in [-0.2, -0.15) is 5.26 Å². The summed E-state index contributed by atoms with van der Waals surface area (Å²) in [6, 6.07) is 7.80. The fourth-order valence-electron chi connectivity index (χ4n) is 1.57. The van der Waals surface area contributed by atoms with Crippen LogP contribution < -0.4 is 9.47 Å². The van der Waals surface area contributed by atoms with Crippen LogP contribution in [0.15, 0.2) is 18.2 Å². The Bertz CT molecular complexity index is 432. The Morgan fingerprint density at radius 3 is 2.62 bits per heavy atom. The highest BCUT2D eigenvalue weighted by Gasteiger charge is 2.25. The molecule has 0 radical (unpaired) electrons. The van der Waals surface area contributed by atoms with Crippen LogP contribution in [0.4, 0.5) is 0 Å². The minimum Gasteiger partial charge on any atom is -0.489 e. The van der Waals surface area contributed by atoms with E-state index in [0.29, 0.717) is 19.6 Å². The van der Waals surface area contributed by atoms with E-state index in [9.17, 15) is 0 Å². The SMILES string of the molecule is CC1(C)COc2ccc(CC#N)cc2OC1. The predicted molar refractivity (Wildman–Crippen MR) is 60.5 cm³/mol. The average molecular weight is 217 g/mol. The lowest BCUT2D eigenvalue weighted by molar-refractivity contribution is 0.140. The second-order valence-corrected chi connectivity index (χ2v) is 4.86. The molecule has 3 nitrogen and oxygen atoms in total. The molecule has 1 heterocycles. The van der Waals surface area contributed by atoms with Crippen LogP contribution in [0.2, 0.25) is 0 Å². The number of nitriles is 1. The predicted octanol–water partition coefficient (Wildman–Crippen LogP) is 2.55. The van der Waals surface area contributed by atoms with Crippen LogP contribution >= 0.6 is 0 Å². The van der Waals surface area contributed by atoms with E-state index in [2.05, 4.69) is 19.9 Å². The molecule has 0 saturated carbocycles. The van der Waals surface area contributed by atoms with Gasteiger partial charge in [0.15, 0.2) is 11.5 Å². The second kappa shape index (κ2) is 4.05. The summed E-state index contributed by atoms with van der Waals surface area (Å²) >= 11 is 0. The van der Waals surface area contributed by atoms with Crippen LogP contribution in [0.3, 0.4) is 0 Å². The van der Waals surface area contributed by atoms with Crippen molar-refractivity contribution in [2.24, 2.45) is 5.41 Å². The van der Waals surface area contributed by atoms with E-state index in [1.165, 1.54) is 0 Å². The maximum Gasteiger partial charge on any atom is 0.161 e. The smallest absolute Gasteiger partial charge is 0.161 e. The number of fused-ring (bicyclic) bond motifs is 1. The van der Waals surface area contributed by atoms with E-state index in [0.717, 1.165) is 17.1 Å². The fourth-order valence-corrected chi connectivity index (χ4v) is 1.57. The first-order valence-electron chi connectivity index (χ1n) is 5.36. The van der Waals surface area contributed by atoms with Gasteiger partial charge in [0.25, 0.3) is 0 Å². The number of hydrogen-bond donors (Lipinski definition) is 0. The van der Waals surface area contributed by atoms with E-state index in [1.54, 1.807) is 0 Å². The van der Waals surface area contributed by atoms with E-state index >= 15 is 0 Å². The molecule has 3 heteroatoms. The minimum atomic E-state index is 0.0222. The van der Waals surface area contributed by atoms with Gasteiger partial charge in [0.1, 0.15) is 0 Å². The quantitative estimate of drug-likeness (QED) is 0.726. The lowest BCUT2D eigenvalue weighted by atomic mass is 9.97. The van der Waals surface area contributed by atoms with Crippen LogP contribution in [0, 0.1) is 16.7 Å². The first kappa shape index (κ1) is 10.8. The summed E-state index contributed by atoms with van der Waals surface area (Å²) in [4.78, 5) is 0. The maximum atomic E-state index is 8.64. The Hall–Kier alpha value is -1.69. The summed E-state index contributed by atoms with van der Waals surface area (Å²) in [7, 11) is 0. The third kappa shape index (κ3) is 2.27. The Balaban J connectivity index is 2.26. The summed E-state index contributed by atoms with van der Waals surface area (Å²) in [5.74, 6) is 1.52. The molecule has 1 aromatic rings. The molecule has 0 amide bonds. The van der Waals surface area contributed by atoms with Crippen LogP contribution in [-0.4, -0.2) is 13.2 Å². The number of ether oxygens (including phenoxy) is 2. The van der Waals surface area contributed by atoms with Gasteiger partial charge in [0.2, 0.25) is 0 Å². The number of rotatable bonds is 1. The Morgan fingerprint density at radius 1 is 1.25 bits per heavy atom. The molecule has 1 aliphatic rings. The van der Waals surface area contributed by atoms with Crippen molar-refractivity contribution in [3.63, 3.8) is 0 Å². The maximum absolute atomic E-state index is 8.64. The van der Waals surface area contributed by atoms with E-state index < -0.39 is 0 Å². The van der Waals surface area contributed by atoms with Crippen LogP contribution in [0.1, 0.15) is 19.4 Å². The van der Waals surface area contributed by atoms with Crippen molar-refractivity contribution in [1.82, 2.24) is 0 Å². The summed E-state index contributed by atoms with van der Waals surface area (Å²) < 4.78 is 11.4. The zero-order chi connectivity index (χ0) is 11.6. The molecule has 0 fully saturated rings. The lowest BCUT2D eigenvalue weighted by Gasteiger charge is -2.19. The van der Waals surface area contributed by atoms with Gasteiger partial charge in [-0.1, -0.05) is 19.9 Å². The third-order valence-corrected chi connectivity index (χ3v) is 2.53. The van der Waals surface area contributed by atoms with Gasteiger partial charge >= 0.3 is 0 Å². The third-order valence-electron chi connectivity index (χ3n) is 2.53. The first-order chi connectivity index (χ1) is 7.61. The molecular formula is C13H15NO2. The lowest BCUT2D eigenvalue weighted by Crippen LogP contribution is -2.26. The van der Waals surface area contributed by atoms with Crippen molar-refractivity contribution < 1.29 is 9.47 Å². The highest BCUT2D eigenvalue weighted by Crippen LogP contribution is 2.34. The molecule has 0 aromatic heterocycles. The molecule has 0 unspecified atom stereocenters. The molecule has 0 saturated heterocycles. The van der Waals surface area contributed by atoms with E-state index in [4.69, 9.17) is 14.7 Å². The molecular weight excluding hydrogens is 202 g/mol. The monoisotopic (exact) mass is 217 g/mol. The normalized spacial score (nSPS) is 17.3. The Morgan fingerprint density at radius 2 is 1.94 bits per heavy atom. The molecule has 2 rings (SSSR count). The van der Waals surface area contributed by atoms with Crippen molar-refractivity contribution in [3.8, 4) is 17.6 Å². The number of hydrogen-bond acceptors (Lipinski definition) is 3.